The third-order valence-corrected chi connectivity index (χ3v) is 3.09. The molecule has 0 amide bonds. The van der Waals surface area contributed by atoms with Crippen LogP contribution in [0.25, 0.3) is 0 Å². The summed E-state index contributed by atoms with van der Waals surface area (Å²) in [5, 5.41) is 3.31. The number of rotatable bonds is 6. The number of nitrogens with zero attached hydrogens (tertiary/aromatic N) is 3. The first-order valence-electron chi connectivity index (χ1n) is 5.94. The highest BCUT2D eigenvalue weighted by molar-refractivity contribution is 9.10. The Labute approximate surface area is 112 Å². The first-order chi connectivity index (χ1) is 7.99. The first kappa shape index (κ1) is 14.4. The molecule has 4 nitrogen and oxygen atoms in total. The van der Waals surface area contributed by atoms with E-state index in [0.717, 1.165) is 35.8 Å². The molecule has 0 radical (unpaired) electrons. The summed E-state index contributed by atoms with van der Waals surface area (Å²) in [4.78, 5) is 10.8. The molecule has 0 fully saturated rings. The maximum Gasteiger partial charge on any atom is 0.130 e. The number of hydrogen-bond donors (Lipinski definition) is 1. The minimum atomic E-state index is 0.602. The Hall–Kier alpha value is -0.680. The van der Waals surface area contributed by atoms with Crippen LogP contribution in [0.1, 0.15) is 26.1 Å². The van der Waals surface area contributed by atoms with E-state index in [0.29, 0.717) is 6.04 Å². The Balaban J connectivity index is 2.31. The van der Waals surface area contributed by atoms with Crippen LogP contribution >= 0.6 is 15.9 Å². The molecule has 96 valence electrons. The van der Waals surface area contributed by atoms with Crippen molar-refractivity contribution < 1.29 is 0 Å². The molecule has 1 aromatic heterocycles. The molecule has 1 aromatic rings. The lowest BCUT2D eigenvalue weighted by atomic mass is 10.3. The largest absolute Gasteiger partial charge is 0.370 e. The van der Waals surface area contributed by atoms with Crippen molar-refractivity contribution in [3.05, 3.63) is 16.5 Å². The van der Waals surface area contributed by atoms with Crippen molar-refractivity contribution >= 4 is 21.7 Å². The average molecular weight is 301 g/mol. The number of aryl methyl sites for hydroxylation is 1. The predicted molar refractivity (Wildman–Crippen MR) is 75.3 cm³/mol. The van der Waals surface area contributed by atoms with E-state index in [9.17, 15) is 0 Å². The molecule has 0 aliphatic rings. The van der Waals surface area contributed by atoms with Gasteiger partial charge in [0.05, 0.1) is 0 Å². The second-order valence-electron chi connectivity index (χ2n) is 4.48. The minimum absolute atomic E-state index is 0.602. The summed E-state index contributed by atoms with van der Waals surface area (Å²) in [6, 6.07) is 2.50. The molecule has 5 heteroatoms. The van der Waals surface area contributed by atoms with E-state index in [2.05, 4.69) is 57.0 Å². The Morgan fingerprint density at radius 3 is 2.71 bits per heavy atom. The summed E-state index contributed by atoms with van der Waals surface area (Å²) in [5.41, 5.74) is 0. The molecule has 0 aliphatic heterocycles. The van der Waals surface area contributed by atoms with Gasteiger partial charge >= 0.3 is 0 Å². The van der Waals surface area contributed by atoms with Crippen LogP contribution < -0.4 is 5.32 Å². The summed E-state index contributed by atoms with van der Waals surface area (Å²) in [7, 11) is 2.15. The maximum atomic E-state index is 4.32. The summed E-state index contributed by atoms with van der Waals surface area (Å²) in [5.74, 6) is 1.66. The molecular formula is C12H21BrN4. The highest BCUT2D eigenvalue weighted by Crippen LogP contribution is 2.11. The highest BCUT2D eigenvalue weighted by Gasteiger charge is 2.02. The molecule has 0 bridgehead atoms. The van der Waals surface area contributed by atoms with E-state index in [1.165, 1.54) is 0 Å². The van der Waals surface area contributed by atoms with Crippen LogP contribution in [0.15, 0.2) is 10.7 Å². The van der Waals surface area contributed by atoms with Crippen LogP contribution in [0.2, 0.25) is 0 Å². The fraction of sp³-hybridized carbons (Fsp3) is 0.667. The van der Waals surface area contributed by atoms with E-state index in [1.54, 1.807) is 0 Å². The van der Waals surface area contributed by atoms with Crippen molar-refractivity contribution in [2.75, 3.05) is 25.5 Å². The SMILES string of the molecule is Cc1nc(Br)cc(NCCCN(C)C(C)C)n1. The van der Waals surface area contributed by atoms with E-state index in [4.69, 9.17) is 0 Å². The van der Waals surface area contributed by atoms with Crippen LogP contribution in [-0.2, 0) is 0 Å². The highest BCUT2D eigenvalue weighted by atomic mass is 79.9. The van der Waals surface area contributed by atoms with Crippen molar-refractivity contribution in [1.29, 1.82) is 0 Å². The van der Waals surface area contributed by atoms with Crippen molar-refractivity contribution in [3.8, 4) is 0 Å². The van der Waals surface area contributed by atoms with Crippen LogP contribution in [0.3, 0.4) is 0 Å². The Morgan fingerprint density at radius 1 is 1.41 bits per heavy atom. The second kappa shape index (κ2) is 6.91. The van der Waals surface area contributed by atoms with Gasteiger partial charge in [-0.3, -0.25) is 0 Å². The van der Waals surface area contributed by atoms with E-state index in [1.807, 2.05) is 13.0 Å². The Morgan fingerprint density at radius 2 is 2.12 bits per heavy atom. The normalized spacial score (nSPS) is 11.2. The number of aromatic nitrogens is 2. The van der Waals surface area contributed by atoms with Gasteiger partial charge in [-0.25, -0.2) is 9.97 Å². The lowest BCUT2D eigenvalue weighted by Gasteiger charge is -2.20. The van der Waals surface area contributed by atoms with Crippen LogP contribution in [0.4, 0.5) is 5.82 Å². The topological polar surface area (TPSA) is 41.1 Å². The van der Waals surface area contributed by atoms with Crippen molar-refractivity contribution in [1.82, 2.24) is 14.9 Å². The van der Waals surface area contributed by atoms with Crippen molar-refractivity contribution in [2.45, 2.75) is 33.2 Å². The predicted octanol–water partition coefficient (Wildman–Crippen LogP) is 2.69. The van der Waals surface area contributed by atoms with E-state index < -0.39 is 0 Å². The van der Waals surface area contributed by atoms with Crippen molar-refractivity contribution in [3.63, 3.8) is 0 Å². The second-order valence-corrected chi connectivity index (χ2v) is 5.29. The number of anilines is 1. The summed E-state index contributed by atoms with van der Waals surface area (Å²) < 4.78 is 0.826. The van der Waals surface area contributed by atoms with E-state index >= 15 is 0 Å². The molecule has 0 unspecified atom stereocenters. The first-order valence-corrected chi connectivity index (χ1v) is 6.73. The van der Waals surface area contributed by atoms with Gasteiger partial charge in [0.25, 0.3) is 0 Å². The molecular weight excluding hydrogens is 280 g/mol. The molecule has 1 heterocycles. The molecule has 0 aliphatic carbocycles. The molecule has 17 heavy (non-hydrogen) atoms. The molecule has 0 aromatic carbocycles. The zero-order valence-electron chi connectivity index (χ0n) is 11.0. The smallest absolute Gasteiger partial charge is 0.130 e. The lowest BCUT2D eigenvalue weighted by molar-refractivity contribution is 0.273. The monoisotopic (exact) mass is 300 g/mol. The van der Waals surface area contributed by atoms with Crippen molar-refractivity contribution in [2.24, 2.45) is 0 Å². The van der Waals surface area contributed by atoms with Gasteiger partial charge in [-0.15, -0.1) is 0 Å². The van der Waals surface area contributed by atoms with Gasteiger partial charge in [-0.05, 0) is 56.7 Å². The summed E-state index contributed by atoms with van der Waals surface area (Å²) >= 11 is 3.36. The van der Waals surface area contributed by atoms with Crippen LogP contribution in [0.5, 0.6) is 0 Å². The maximum absolute atomic E-state index is 4.32. The fourth-order valence-corrected chi connectivity index (χ4v) is 1.90. The molecule has 1 rings (SSSR count). The standard InChI is InChI=1S/C12H21BrN4/c1-9(2)17(4)7-5-6-14-12-8-11(13)15-10(3)16-12/h8-9H,5-7H2,1-4H3,(H,14,15,16). The average Bonchev–Trinajstić information content (AvgIpc) is 2.22. The lowest BCUT2D eigenvalue weighted by Crippen LogP contribution is -2.28. The molecule has 0 spiro atoms. The van der Waals surface area contributed by atoms with Gasteiger partial charge in [0.1, 0.15) is 16.2 Å². The van der Waals surface area contributed by atoms with Crippen LogP contribution in [0, 0.1) is 6.92 Å². The van der Waals surface area contributed by atoms with E-state index in [-0.39, 0.29) is 0 Å². The molecule has 0 atom stereocenters. The molecule has 1 N–H and O–H groups in total. The summed E-state index contributed by atoms with van der Waals surface area (Å²) in [6.45, 7) is 8.33. The number of nitrogens with one attached hydrogen (secondary N) is 1. The van der Waals surface area contributed by atoms with Crippen LogP contribution in [-0.4, -0.2) is 41.0 Å². The Bertz CT molecular complexity index is 334. The van der Waals surface area contributed by atoms with Gasteiger partial charge in [-0.2, -0.15) is 0 Å². The quantitative estimate of drug-likeness (QED) is 0.648. The van der Waals surface area contributed by atoms with Gasteiger partial charge in [-0.1, -0.05) is 0 Å². The third-order valence-electron chi connectivity index (χ3n) is 2.68. The fourth-order valence-electron chi connectivity index (χ4n) is 1.42. The molecule has 0 saturated carbocycles. The van der Waals surface area contributed by atoms with Gasteiger partial charge in [0.15, 0.2) is 0 Å². The number of hydrogen-bond acceptors (Lipinski definition) is 4. The van der Waals surface area contributed by atoms with Gasteiger partial charge < -0.3 is 10.2 Å². The zero-order chi connectivity index (χ0) is 12.8. The van der Waals surface area contributed by atoms with Gasteiger partial charge in [0, 0.05) is 18.7 Å². The zero-order valence-corrected chi connectivity index (χ0v) is 12.6. The Kier molecular flexibility index (Phi) is 5.85. The van der Waals surface area contributed by atoms with Gasteiger partial charge in [0.2, 0.25) is 0 Å². The number of halogens is 1. The minimum Gasteiger partial charge on any atom is -0.370 e. The molecule has 0 saturated heterocycles. The third kappa shape index (κ3) is 5.46. The summed E-state index contributed by atoms with van der Waals surface area (Å²) in [6.07, 6.45) is 1.11.